The summed E-state index contributed by atoms with van der Waals surface area (Å²) in [6, 6.07) is 12.5. The van der Waals surface area contributed by atoms with Crippen LogP contribution in [0, 0.1) is 0 Å². The Hall–Kier alpha value is -2.49. The summed E-state index contributed by atoms with van der Waals surface area (Å²) in [7, 11) is 0. The Bertz CT molecular complexity index is 650. The third kappa shape index (κ3) is 2.20. The molecule has 0 saturated carbocycles. The number of para-hydroxylation sites is 1. The van der Waals surface area contributed by atoms with Crippen molar-refractivity contribution in [1.29, 1.82) is 0 Å². The molecule has 2 aromatic carbocycles. The minimum absolute atomic E-state index is 0.0346. The van der Waals surface area contributed by atoms with Gasteiger partial charge in [0.2, 0.25) is 5.91 Å². The first-order chi connectivity index (χ1) is 9.65. The molecule has 0 radical (unpaired) electrons. The first-order valence-electron chi connectivity index (χ1n) is 6.61. The van der Waals surface area contributed by atoms with E-state index < -0.39 is 0 Å². The molecule has 102 valence electrons. The number of carbonyl (C=O) groups is 1. The SMILES string of the molecule is Nc1cccc2c1N(C(=O)Cc1ccc(O)cc1)CC2. The zero-order valence-electron chi connectivity index (χ0n) is 11.0. The van der Waals surface area contributed by atoms with Gasteiger partial charge < -0.3 is 15.7 Å². The number of amides is 1. The van der Waals surface area contributed by atoms with Crippen LogP contribution in [-0.4, -0.2) is 17.6 Å². The monoisotopic (exact) mass is 268 g/mol. The second kappa shape index (κ2) is 4.89. The van der Waals surface area contributed by atoms with Crippen molar-refractivity contribution in [3.8, 4) is 5.75 Å². The average molecular weight is 268 g/mol. The molecule has 0 atom stereocenters. The molecule has 1 aliphatic rings. The van der Waals surface area contributed by atoms with E-state index in [0.29, 0.717) is 18.7 Å². The van der Waals surface area contributed by atoms with Crippen molar-refractivity contribution in [2.75, 3.05) is 17.2 Å². The lowest BCUT2D eigenvalue weighted by Crippen LogP contribution is -2.30. The fourth-order valence-electron chi connectivity index (χ4n) is 2.62. The number of hydrogen-bond donors (Lipinski definition) is 2. The Labute approximate surface area is 117 Å². The molecule has 0 fully saturated rings. The molecule has 0 aliphatic carbocycles. The van der Waals surface area contributed by atoms with Gasteiger partial charge in [0.15, 0.2) is 0 Å². The van der Waals surface area contributed by atoms with Gasteiger partial charge in [0.05, 0.1) is 17.8 Å². The Morgan fingerprint density at radius 3 is 2.70 bits per heavy atom. The molecule has 0 saturated heterocycles. The normalized spacial score (nSPS) is 13.3. The van der Waals surface area contributed by atoms with E-state index in [-0.39, 0.29) is 11.7 Å². The molecule has 0 unspecified atom stereocenters. The van der Waals surface area contributed by atoms with E-state index in [1.54, 1.807) is 29.2 Å². The highest BCUT2D eigenvalue weighted by Gasteiger charge is 2.26. The molecule has 2 aromatic rings. The van der Waals surface area contributed by atoms with Gasteiger partial charge in [-0.1, -0.05) is 24.3 Å². The smallest absolute Gasteiger partial charge is 0.231 e. The molecular formula is C16H16N2O2. The molecule has 4 nitrogen and oxygen atoms in total. The molecule has 20 heavy (non-hydrogen) atoms. The maximum absolute atomic E-state index is 12.4. The maximum atomic E-state index is 12.4. The van der Waals surface area contributed by atoms with E-state index in [9.17, 15) is 9.90 Å². The highest BCUT2D eigenvalue weighted by Crippen LogP contribution is 2.33. The number of nitrogens with two attached hydrogens (primary N) is 1. The highest BCUT2D eigenvalue weighted by molar-refractivity contribution is 5.99. The first-order valence-corrected chi connectivity index (χ1v) is 6.61. The zero-order chi connectivity index (χ0) is 14.1. The van der Waals surface area contributed by atoms with E-state index in [2.05, 4.69) is 0 Å². The number of phenols is 1. The number of aromatic hydroxyl groups is 1. The lowest BCUT2D eigenvalue weighted by atomic mass is 10.1. The number of phenolic OH excluding ortho intramolecular Hbond substituents is 1. The van der Waals surface area contributed by atoms with Gasteiger partial charge in [-0.05, 0) is 35.7 Å². The topological polar surface area (TPSA) is 66.6 Å². The van der Waals surface area contributed by atoms with Crippen LogP contribution in [0.25, 0.3) is 0 Å². The fraction of sp³-hybridized carbons (Fsp3) is 0.188. The molecule has 4 heteroatoms. The van der Waals surface area contributed by atoms with Gasteiger partial charge in [-0.2, -0.15) is 0 Å². The molecule has 0 spiro atoms. The van der Waals surface area contributed by atoms with Crippen LogP contribution in [0.3, 0.4) is 0 Å². The highest BCUT2D eigenvalue weighted by atomic mass is 16.3. The van der Waals surface area contributed by atoms with Gasteiger partial charge in [-0.3, -0.25) is 4.79 Å². The van der Waals surface area contributed by atoms with Gasteiger partial charge in [-0.15, -0.1) is 0 Å². The molecule has 1 heterocycles. The summed E-state index contributed by atoms with van der Waals surface area (Å²) in [5.41, 5.74) is 9.51. The number of nitrogen functional groups attached to an aromatic ring is 1. The van der Waals surface area contributed by atoms with Crippen LogP contribution in [0.5, 0.6) is 5.75 Å². The second-order valence-corrected chi connectivity index (χ2v) is 4.99. The Kier molecular flexibility index (Phi) is 3.06. The Morgan fingerprint density at radius 2 is 1.95 bits per heavy atom. The fourth-order valence-corrected chi connectivity index (χ4v) is 2.62. The van der Waals surface area contributed by atoms with Crippen LogP contribution in [0.15, 0.2) is 42.5 Å². The predicted molar refractivity (Wildman–Crippen MR) is 78.7 cm³/mol. The molecule has 3 N–H and O–H groups in total. The van der Waals surface area contributed by atoms with Crippen molar-refractivity contribution < 1.29 is 9.90 Å². The van der Waals surface area contributed by atoms with E-state index >= 15 is 0 Å². The lowest BCUT2D eigenvalue weighted by molar-refractivity contribution is -0.117. The van der Waals surface area contributed by atoms with E-state index in [1.807, 2.05) is 18.2 Å². The van der Waals surface area contributed by atoms with Crippen LogP contribution >= 0.6 is 0 Å². The molecule has 0 bridgehead atoms. The minimum atomic E-state index is 0.0346. The molecule has 0 aromatic heterocycles. The number of carbonyl (C=O) groups excluding carboxylic acids is 1. The zero-order valence-corrected chi connectivity index (χ0v) is 11.0. The maximum Gasteiger partial charge on any atom is 0.231 e. The number of hydrogen-bond acceptors (Lipinski definition) is 3. The third-order valence-corrected chi connectivity index (χ3v) is 3.62. The largest absolute Gasteiger partial charge is 0.508 e. The predicted octanol–water partition coefficient (Wildman–Crippen LogP) is 2.11. The summed E-state index contributed by atoms with van der Waals surface area (Å²) < 4.78 is 0. The molecule has 3 rings (SSSR count). The van der Waals surface area contributed by atoms with Crippen LogP contribution in [0.2, 0.25) is 0 Å². The van der Waals surface area contributed by atoms with E-state index in [0.717, 1.165) is 23.2 Å². The van der Waals surface area contributed by atoms with Gasteiger partial charge in [0.1, 0.15) is 5.75 Å². The van der Waals surface area contributed by atoms with Gasteiger partial charge in [-0.25, -0.2) is 0 Å². The van der Waals surface area contributed by atoms with Crippen molar-refractivity contribution in [2.24, 2.45) is 0 Å². The summed E-state index contributed by atoms with van der Waals surface area (Å²) >= 11 is 0. The van der Waals surface area contributed by atoms with Crippen molar-refractivity contribution in [3.63, 3.8) is 0 Å². The van der Waals surface area contributed by atoms with Gasteiger partial charge >= 0.3 is 0 Å². The quantitative estimate of drug-likeness (QED) is 0.820. The number of nitrogens with zero attached hydrogens (tertiary/aromatic N) is 1. The number of fused-ring (bicyclic) bond motifs is 1. The average Bonchev–Trinajstić information content (AvgIpc) is 2.87. The summed E-state index contributed by atoms with van der Waals surface area (Å²) in [6.07, 6.45) is 1.16. The molecule has 1 aliphatic heterocycles. The standard InChI is InChI=1S/C16H16N2O2/c17-14-3-1-2-12-8-9-18(16(12)14)15(20)10-11-4-6-13(19)7-5-11/h1-7,19H,8-10,17H2. The Morgan fingerprint density at radius 1 is 1.20 bits per heavy atom. The molecular weight excluding hydrogens is 252 g/mol. The van der Waals surface area contributed by atoms with E-state index in [4.69, 9.17) is 5.73 Å². The Balaban J connectivity index is 1.82. The molecule has 1 amide bonds. The van der Waals surface area contributed by atoms with Crippen LogP contribution in [0.1, 0.15) is 11.1 Å². The van der Waals surface area contributed by atoms with E-state index in [1.165, 1.54) is 0 Å². The van der Waals surface area contributed by atoms with Gasteiger partial charge in [0.25, 0.3) is 0 Å². The van der Waals surface area contributed by atoms with Crippen molar-refractivity contribution >= 4 is 17.3 Å². The van der Waals surface area contributed by atoms with Crippen molar-refractivity contribution in [3.05, 3.63) is 53.6 Å². The number of anilines is 2. The third-order valence-electron chi connectivity index (χ3n) is 3.62. The minimum Gasteiger partial charge on any atom is -0.508 e. The van der Waals surface area contributed by atoms with Crippen molar-refractivity contribution in [1.82, 2.24) is 0 Å². The van der Waals surface area contributed by atoms with Crippen LogP contribution < -0.4 is 10.6 Å². The summed E-state index contributed by atoms with van der Waals surface area (Å²) in [5.74, 6) is 0.240. The number of rotatable bonds is 2. The lowest BCUT2D eigenvalue weighted by Gasteiger charge is -2.19. The van der Waals surface area contributed by atoms with Crippen molar-refractivity contribution in [2.45, 2.75) is 12.8 Å². The van der Waals surface area contributed by atoms with Crippen LogP contribution in [0.4, 0.5) is 11.4 Å². The van der Waals surface area contributed by atoms with Gasteiger partial charge in [0, 0.05) is 6.54 Å². The summed E-state index contributed by atoms with van der Waals surface area (Å²) in [4.78, 5) is 14.2. The summed E-state index contributed by atoms with van der Waals surface area (Å²) in [5, 5.41) is 9.26. The van der Waals surface area contributed by atoms with Crippen LogP contribution in [-0.2, 0) is 17.6 Å². The number of benzene rings is 2. The summed E-state index contributed by atoms with van der Waals surface area (Å²) in [6.45, 7) is 0.681. The second-order valence-electron chi connectivity index (χ2n) is 4.99. The first kappa shape index (κ1) is 12.5.